The molecule has 3 rings (SSSR count). The van der Waals surface area contributed by atoms with E-state index in [1.54, 1.807) is 7.11 Å². The van der Waals surface area contributed by atoms with Crippen molar-refractivity contribution in [1.29, 1.82) is 0 Å². The minimum absolute atomic E-state index is 0.195. The van der Waals surface area contributed by atoms with Crippen LogP contribution in [0.1, 0.15) is 18.9 Å². The van der Waals surface area contributed by atoms with Gasteiger partial charge >= 0.3 is 0 Å². The molecule has 21 heavy (non-hydrogen) atoms. The van der Waals surface area contributed by atoms with Crippen molar-refractivity contribution in [2.45, 2.75) is 26.0 Å². The van der Waals surface area contributed by atoms with Gasteiger partial charge in [0.05, 0.1) is 13.2 Å². The van der Waals surface area contributed by atoms with Crippen molar-refractivity contribution in [2.24, 2.45) is 5.92 Å². The molecule has 2 unspecified atom stereocenters. The Morgan fingerprint density at radius 3 is 2.71 bits per heavy atom. The summed E-state index contributed by atoms with van der Waals surface area (Å²) < 4.78 is 5.26. The second kappa shape index (κ2) is 6.04. The minimum Gasteiger partial charge on any atom is -0.497 e. The third-order valence-electron chi connectivity index (χ3n) is 4.51. The maximum Gasteiger partial charge on any atom is 0.119 e. The molecule has 2 aromatic rings. The number of hydrogen-bond acceptors (Lipinski definition) is 3. The quantitative estimate of drug-likeness (QED) is 0.937. The number of aliphatic hydroxyl groups is 1. The van der Waals surface area contributed by atoms with Gasteiger partial charge in [0, 0.05) is 13.1 Å². The predicted molar refractivity (Wildman–Crippen MR) is 85.6 cm³/mol. The Morgan fingerprint density at radius 2 is 2.00 bits per heavy atom. The highest BCUT2D eigenvalue weighted by Crippen LogP contribution is 2.25. The molecule has 0 radical (unpaired) electrons. The lowest BCUT2D eigenvalue weighted by Gasteiger charge is -2.17. The van der Waals surface area contributed by atoms with E-state index in [-0.39, 0.29) is 6.10 Å². The van der Waals surface area contributed by atoms with Crippen LogP contribution in [0.4, 0.5) is 0 Å². The number of hydrogen-bond donors (Lipinski definition) is 1. The fourth-order valence-electron chi connectivity index (χ4n) is 3.16. The number of ether oxygens (including phenoxy) is 1. The molecule has 0 aliphatic carbocycles. The molecule has 1 heterocycles. The van der Waals surface area contributed by atoms with Gasteiger partial charge in [0.15, 0.2) is 0 Å². The van der Waals surface area contributed by atoms with Crippen LogP contribution in [0, 0.1) is 5.92 Å². The molecule has 1 N–H and O–H groups in total. The van der Waals surface area contributed by atoms with Crippen molar-refractivity contribution in [3.8, 4) is 5.75 Å². The van der Waals surface area contributed by atoms with Crippen LogP contribution in [-0.4, -0.2) is 36.3 Å². The summed E-state index contributed by atoms with van der Waals surface area (Å²) in [5.41, 5.74) is 1.33. The van der Waals surface area contributed by atoms with Crippen molar-refractivity contribution in [3.05, 3.63) is 42.0 Å². The van der Waals surface area contributed by atoms with E-state index in [4.69, 9.17) is 4.74 Å². The first-order valence-corrected chi connectivity index (χ1v) is 7.63. The number of fused-ring (bicyclic) bond motifs is 1. The van der Waals surface area contributed by atoms with E-state index < -0.39 is 0 Å². The summed E-state index contributed by atoms with van der Waals surface area (Å²) in [5, 5.41) is 12.1. The third-order valence-corrected chi connectivity index (χ3v) is 4.51. The number of rotatable bonds is 4. The summed E-state index contributed by atoms with van der Waals surface area (Å²) >= 11 is 0. The van der Waals surface area contributed by atoms with Gasteiger partial charge in [0.25, 0.3) is 0 Å². The summed E-state index contributed by atoms with van der Waals surface area (Å²) in [6.07, 6.45) is 0.904. The molecule has 2 atom stereocenters. The van der Waals surface area contributed by atoms with E-state index >= 15 is 0 Å². The van der Waals surface area contributed by atoms with Crippen LogP contribution in [0.2, 0.25) is 0 Å². The van der Waals surface area contributed by atoms with E-state index in [2.05, 4.69) is 35.2 Å². The molecular weight excluding hydrogens is 262 g/mol. The molecule has 3 heteroatoms. The average molecular weight is 285 g/mol. The molecule has 0 aromatic heterocycles. The van der Waals surface area contributed by atoms with Crippen LogP contribution in [0.3, 0.4) is 0 Å². The Hall–Kier alpha value is -1.58. The molecule has 2 aromatic carbocycles. The minimum atomic E-state index is -0.195. The number of likely N-dealkylation sites (tertiary alicyclic amines) is 1. The summed E-state index contributed by atoms with van der Waals surface area (Å²) in [4.78, 5) is 2.43. The first-order chi connectivity index (χ1) is 10.2. The van der Waals surface area contributed by atoms with Crippen LogP contribution in [0.25, 0.3) is 10.8 Å². The zero-order chi connectivity index (χ0) is 14.8. The lowest BCUT2D eigenvalue weighted by atomic mass is 10.0. The maximum atomic E-state index is 9.69. The SMILES string of the molecule is COc1ccc2cc(CN3CCC(C(C)O)C3)ccc2c1. The molecule has 0 spiro atoms. The number of nitrogens with zero attached hydrogens (tertiary/aromatic N) is 1. The van der Waals surface area contributed by atoms with Gasteiger partial charge in [-0.15, -0.1) is 0 Å². The van der Waals surface area contributed by atoms with Gasteiger partial charge in [-0.3, -0.25) is 4.90 Å². The third kappa shape index (κ3) is 3.20. The molecular formula is C18H23NO2. The smallest absolute Gasteiger partial charge is 0.119 e. The molecule has 0 saturated carbocycles. The molecule has 1 aliphatic heterocycles. The zero-order valence-corrected chi connectivity index (χ0v) is 12.7. The summed E-state index contributed by atoms with van der Waals surface area (Å²) in [7, 11) is 1.70. The normalized spacial score (nSPS) is 20.8. The molecule has 1 aliphatic rings. The molecule has 0 amide bonds. The number of aliphatic hydroxyl groups excluding tert-OH is 1. The Balaban J connectivity index is 1.73. The van der Waals surface area contributed by atoms with E-state index in [1.165, 1.54) is 16.3 Å². The van der Waals surface area contributed by atoms with Gasteiger partial charge in [-0.2, -0.15) is 0 Å². The standard InChI is InChI=1S/C18H23NO2/c1-13(20)17-7-8-19(12-17)11-14-3-4-16-10-18(21-2)6-5-15(16)9-14/h3-6,9-10,13,17,20H,7-8,11-12H2,1-2H3. The van der Waals surface area contributed by atoms with Crippen LogP contribution in [-0.2, 0) is 6.54 Å². The van der Waals surface area contributed by atoms with E-state index in [1.807, 2.05) is 13.0 Å². The Kier molecular flexibility index (Phi) is 4.13. The highest BCUT2D eigenvalue weighted by molar-refractivity contribution is 5.84. The van der Waals surface area contributed by atoms with E-state index in [0.717, 1.165) is 31.8 Å². The largest absolute Gasteiger partial charge is 0.497 e. The fourth-order valence-corrected chi connectivity index (χ4v) is 3.16. The van der Waals surface area contributed by atoms with Crippen LogP contribution >= 0.6 is 0 Å². The fraction of sp³-hybridized carbons (Fsp3) is 0.444. The summed E-state index contributed by atoms with van der Waals surface area (Å²) in [6.45, 7) is 4.94. The van der Waals surface area contributed by atoms with Gasteiger partial charge in [-0.25, -0.2) is 0 Å². The zero-order valence-electron chi connectivity index (χ0n) is 12.7. The molecule has 3 nitrogen and oxygen atoms in total. The highest BCUT2D eigenvalue weighted by Gasteiger charge is 2.25. The lowest BCUT2D eigenvalue weighted by Crippen LogP contribution is -2.23. The van der Waals surface area contributed by atoms with Gasteiger partial charge in [0.1, 0.15) is 5.75 Å². The molecule has 0 bridgehead atoms. The second-order valence-electron chi connectivity index (χ2n) is 6.07. The van der Waals surface area contributed by atoms with Crippen LogP contribution < -0.4 is 4.74 Å². The number of benzene rings is 2. The van der Waals surface area contributed by atoms with Crippen LogP contribution in [0.15, 0.2) is 36.4 Å². The lowest BCUT2D eigenvalue weighted by molar-refractivity contribution is 0.127. The maximum absolute atomic E-state index is 9.69. The van der Waals surface area contributed by atoms with Crippen molar-refractivity contribution >= 4 is 10.8 Å². The van der Waals surface area contributed by atoms with E-state index in [9.17, 15) is 5.11 Å². The monoisotopic (exact) mass is 285 g/mol. The topological polar surface area (TPSA) is 32.7 Å². The number of methoxy groups -OCH3 is 1. The average Bonchev–Trinajstić information content (AvgIpc) is 2.95. The van der Waals surface area contributed by atoms with Crippen molar-refractivity contribution in [1.82, 2.24) is 4.90 Å². The van der Waals surface area contributed by atoms with Crippen molar-refractivity contribution in [3.63, 3.8) is 0 Å². The van der Waals surface area contributed by atoms with Gasteiger partial charge < -0.3 is 9.84 Å². The summed E-state index contributed by atoms with van der Waals surface area (Å²) in [5.74, 6) is 1.32. The van der Waals surface area contributed by atoms with E-state index in [0.29, 0.717) is 5.92 Å². The van der Waals surface area contributed by atoms with Gasteiger partial charge in [-0.05, 0) is 60.3 Å². The molecule has 1 fully saturated rings. The van der Waals surface area contributed by atoms with Crippen molar-refractivity contribution in [2.75, 3.05) is 20.2 Å². The molecule has 1 saturated heterocycles. The van der Waals surface area contributed by atoms with Gasteiger partial charge in [-0.1, -0.05) is 18.2 Å². The van der Waals surface area contributed by atoms with Crippen LogP contribution in [0.5, 0.6) is 5.75 Å². The van der Waals surface area contributed by atoms with Gasteiger partial charge in [0.2, 0.25) is 0 Å². The Labute approximate surface area is 126 Å². The second-order valence-corrected chi connectivity index (χ2v) is 6.07. The highest BCUT2D eigenvalue weighted by atomic mass is 16.5. The summed E-state index contributed by atoms with van der Waals surface area (Å²) in [6, 6.07) is 12.8. The Bertz CT molecular complexity index is 624. The predicted octanol–water partition coefficient (Wildman–Crippen LogP) is 3.05. The first kappa shape index (κ1) is 14.4. The van der Waals surface area contributed by atoms with Crippen molar-refractivity contribution < 1.29 is 9.84 Å². The molecule has 112 valence electrons. The first-order valence-electron chi connectivity index (χ1n) is 7.63. The Morgan fingerprint density at radius 1 is 1.24 bits per heavy atom.